The highest BCUT2D eigenvalue weighted by atomic mass is 32.2. The molecule has 0 fully saturated rings. The van der Waals surface area contributed by atoms with Gasteiger partial charge in [0, 0.05) is 32.7 Å². The van der Waals surface area contributed by atoms with E-state index in [9.17, 15) is 0 Å². The number of nitrogens with zero attached hydrogens (tertiary/aromatic N) is 1. The summed E-state index contributed by atoms with van der Waals surface area (Å²) in [4.78, 5) is 3.65. The molecule has 2 aliphatic rings. The van der Waals surface area contributed by atoms with Crippen LogP contribution in [0.2, 0.25) is 0 Å². The summed E-state index contributed by atoms with van der Waals surface area (Å²) >= 11 is 0. The standard InChI is InChI=1S/C30H19NO2S/c1-3-11-22-20(9-1)21-10-2-4-12-23(21)31(22)19-17-26-30-27(18-19)33-25-14-6-8-16-29(25)34(30)28-15-7-5-13-24(28)32-26/h1-18,34H. The van der Waals surface area contributed by atoms with E-state index in [-0.39, 0.29) is 0 Å². The summed E-state index contributed by atoms with van der Waals surface area (Å²) in [6, 6.07) is 38.3. The van der Waals surface area contributed by atoms with Crippen LogP contribution in [0.5, 0.6) is 23.0 Å². The minimum absolute atomic E-state index is 0.749. The zero-order valence-corrected chi connectivity index (χ0v) is 19.0. The smallest absolute Gasteiger partial charge is 0.145 e. The first kappa shape index (κ1) is 18.3. The molecule has 0 atom stereocenters. The summed E-state index contributed by atoms with van der Waals surface area (Å²) in [6.45, 7) is 0. The molecule has 5 aromatic carbocycles. The number of thiol groups is 1. The van der Waals surface area contributed by atoms with E-state index in [0.29, 0.717) is 0 Å². The minimum atomic E-state index is -0.749. The summed E-state index contributed by atoms with van der Waals surface area (Å²) < 4.78 is 15.4. The van der Waals surface area contributed by atoms with E-state index in [1.807, 2.05) is 12.1 Å². The van der Waals surface area contributed by atoms with Gasteiger partial charge in [-0.25, -0.2) is 0 Å². The third kappa shape index (κ3) is 2.38. The summed E-state index contributed by atoms with van der Waals surface area (Å²) in [5.41, 5.74) is 3.39. The maximum Gasteiger partial charge on any atom is 0.145 e. The SMILES string of the molecule is c1ccc2c(c1)Oc1cc(-n3c4ccccc4c4ccccc43)cc3c1[SH]2c1ccccc1O3. The minimum Gasteiger partial charge on any atom is -0.455 e. The molecule has 0 unspecified atom stereocenters. The first-order valence-electron chi connectivity index (χ1n) is 11.4. The Hall–Kier alpha value is -4.15. The van der Waals surface area contributed by atoms with Crippen molar-refractivity contribution in [3.8, 4) is 28.7 Å². The van der Waals surface area contributed by atoms with Crippen molar-refractivity contribution in [3.05, 3.63) is 109 Å². The monoisotopic (exact) mass is 457 g/mol. The molecule has 0 aliphatic carbocycles. The van der Waals surface area contributed by atoms with E-state index in [1.165, 1.54) is 31.6 Å². The van der Waals surface area contributed by atoms with Crippen LogP contribution in [-0.4, -0.2) is 4.57 Å². The Balaban J connectivity index is 1.45. The highest BCUT2D eigenvalue weighted by Crippen LogP contribution is 2.68. The van der Waals surface area contributed by atoms with Crippen molar-refractivity contribution in [2.75, 3.05) is 0 Å². The van der Waals surface area contributed by atoms with Crippen LogP contribution < -0.4 is 9.47 Å². The Kier molecular flexibility index (Phi) is 3.60. The number of fused-ring (bicyclic) bond motifs is 7. The predicted molar refractivity (Wildman–Crippen MR) is 138 cm³/mol. The fourth-order valence-corrected chi connectivity index (χ4v) is 7.89. The Morgan fingerprint density at radius 3 is 1.53 bits per heavy atom. The molecule has 0 saturated carbocycles. The molecule has 0 amide bonds. The van der Waals surface area contributed by atoms with Crippen molar-refractivity contribution in [2.45, 2.75) is 14.7 Å². The zero-order chi connectivity index (χ0) is 22.2. The summed E-state index contributed by atoms with van der Waals surface area (Å²) in [5, 5.41) is 2.48. The number of para-hydroxylation sites is 4. The number of rotatable bonds is 1. The summed E-state index contributed by atoms with van der Waals surface area (Å²) in [5.74, 6) is 3.63. The maximum absolute atomic E-state index is 6.52. The number of hydrogen-bond acceptors (Lipinski definition) is 2. The Morgan fingerprint density at radius 1 is 0.500 bits per heavy atom. The topological polar surface area (TPSA) is 23.4 Å². The lowest BCUT2D eigenvalue weighted by Crippen LogP contribution is -2.08. The second-order valence-corrected chi connectivity index (χ2v) is 10.7. The molecule has 8 rings (SSSR count). The second kappa shape index (κ2) is 6.69. The van der Waals surface area contributed by atoms with Gasteiger partial charge < -0.3 is 14.0 Å². The first-order valence-corrected chi connectivity index (χ1v) is 12.7. The van der Waals surface area contributed by atoms with Gasteiger partial charge in [-0.05, 0) is 36.4 Å². The van der Waals surface area contributed by atoms with Crippen LogP contribution in [0.3, 0.4) is 0 Å². The largest absolute Gasteiger partial charge is 0.455 e. The molecule has 1 aromatic heterocycles. The first-order chi connectivity index (χ1) is 16.9. The van der Waals surface area contributed by atoms with E-state index >= 15 is 0 Å². The van der Waals surface area contributed by atoms with Gasteiger partial charge in [0.15, 0.2) is 0 Å². The van der Waals surface area contributed by atoms with Crippen LogP contribution >= 0.6 is 10.9 Å². The van der Waals surface area contributed by atoms with E-state index in [2.05, 4.69) is 102 Å². The molecule has 6 aromatic rings. The van der Waals surface area contributed by atoms with Crippen LogP contribution in [-0.2, 0) is 0 Å². The molecule has 3 heterocycles. The van der Waals surface area contributed by atoms with E-state index < -0.39 is 10.9 Å². The molecule has 162 valence electrons. The van der Waals surface area contributed by atoms with Crippen molar-refractivity contribution in [3.63, 3.8) is 0 Å². The Labute approximate surface area is 199 Å². The Morgan fingerprint density at radius 2 is 0.971 bits per heavy atom. The van der Waals surface area contributed by atoms with Crippen molar-refractivity contribution < 1.29 is 9.47 Å². The molecular formula is C30H19NO2S. The number of hydrogen-bond donors (Lipinski definition) is 1. The lowest BCUT2D eigenvalue weighted by molar-refractivity contribution is 0.416. The van der Waals surface area contributed by atoms with Crippen molar-refractivity contribution in [1.82, 2.24) is 4.57 Å². The quantitative estimate of drug-likeness (QED) is 0.250. The fraction of sp³-hybridized carbons (Fsp3) is 0. The summed E-state index contributed by atoms with van der Waals surface area (Å²) in [7, 11) is -0.749. The van der Waals surface area contributed by atoms with Gasteiger partial charge in [0.25, 0.3) is 0 Å². The normalized spacial score (nSPS) is 14.2. The van der Waals surface area contributed by atoms with E-state index in [4.69, 9.17) is 9.47 Å². The van der Waals surface area contributed by atoms with Gasteiger partial charge in [-0.3, -0.25) is 0 Å². The van der Waals surface area contributed by atoms with Crippen LogP contribution in [0.1, 0.15) is 0 Å². The maximum atomic E-state index is 6.52. The molecule has 0 saturated heterocycles. The highest BCUT2D eigenvalue weighted by Gasteiger charge is 2.35. The van der Waals surface area contributed by atoms with Crippen molar-refractivity contribution in [2.24, 2.45) is 0 Å². The van der Waals surface area contributed by atoms with Gasteiger partial charge in [-0.15, -0.1) is 0 Å². The second-order valence-electron chi connectivity index (χ2n) is 8.64. The van der Waals surface area contributed by atoms with Gasteiger partial charge in [-0.2, -0.15) is 10.9 Å². The fourth-order valence-electron chi connectivity index (χ4n) is 5.34. The third-order valence-electron chi connectivity index (χ3n) is 6.74. The molecule has 0 bridgehead atoms. The lowest BCUT2D eigenvalue weighted by Gasteiger charge is -2.37. The molecular weight excluding hydrogens is 438 g/mol. The molecule has 3 nitrogen and oxygen atoms in total. The van der Waals surface area contributed by atoms with Crippen molar-refractivity contribution in [1.29, 1.82) is 0 Å². The lowest BCUT2D eigenvalue weighted by atomic mass is 10.2. The van der Waals surface area contributed by atoms with Crippen LogP contribution in [0.25, 0.3) is 27.5 Å². The molecule has 0 radical (unpaired) electrons. The molecule has 0 spiro atoms. The third-order valence-corrected chi connectivity index (χ3v) is 9.33. The van der Waals surface area contributed by atoms with Crippen LogP contribution in [0, 0.1) is 0 Å². The zero-order valence-electron chi connectivity index (χ0n) is 18.1. The van der Waals surface area contributed by atoms with E-state index in [0.717, 1.165) is 33.6 Å². The van der Waals surface area contributed by atoms with Crippen LogP contribution in [0.15, 0.2) is 124 Å². The average Bonchev–Trinajstić information content (AvgIpc) is 3.23. The van der Waals surface area contributed by atoms with E-state index in [1.54, 1.807) is 0 Å². The highest BCUT2D eigenvalue weighted by molar-refractivity contribution is 8.17. The molecule has 0 N–H and O–H groups in total. The summed E-state index contributed by atoms with van der Waals surface area (Å²) in [6.07, 6.45) is 0. The number of aromatic nitrogens is 1. The number of benzene rings is 5. The van der Waals surface area contributed by atoms with Gasteiger partial charge >= 0.3 is 0 Å². The molecule has 4 heteroatoms. The molecule has 34 heavy (non-hydrogen) atoms. The predicted octanol–water partition coefficient (Wildman–Crippen LogP) is 8.47. The van der Waals surface area contributed by atoms with Gasteiger partial charge in [0.1, 0.15) is 23.0 Å². The number of ether oxygens (including phenoxy) is 2. The molecule has 2 aliphatic heterocycles. The van der Waals surface area contributed by atoms with Crippen molar-refractivity contribution >= 4 is 32.7 Å². The van der Waals surface area contributed by atoms with Gasteiger partial charge in [0.2, 0.25) is 0 Å². The average molecular weight is 458 g/mol. The Bertz CT molecular complexity index is 1660. The van der Waals surface area contributed by atoms with Gasteiger partial charge in [-0.1, -0.05) is 60.7 Å². The van der Waals surface area contributed by atoms with Gasteiger partial charge in [0.05, 0.1) is 21.6 Å². The van der Waals surface area contributed by atoms with Crippen LogP contribution in [0.4, 0.5) is 0 Å².